The van der Waals surface area contributed by atoms with E-state index in [0.717, 1.165) is 38.5 Å². The van der Waals surface area contributed by atoms with Gasteiger partial charge < -0.3 is 11.1 Å². The van der Waals surface area contributed by atoms with E-state index < -0.39 is 5.41 Å². The lowest BCUT2D eigenvalue weighted by Crippen LogP contribution is -2.42. The summed E-state index contributed by atoms with van der Waals surface area (Å²) in [5.41, 5.74) is 6.43. The smallest absolute Gasteiger partial charge is 0.231 e. The fourth-order valence-electron chi connectivity index (χ4n) is 2.93. The third-order valence-electron chi connectivity index (χ3n) is 4.45. The van der Waals surface area contributed by atoms with Crippen LogP contribution in [0.3, 0.4) is 0 Å². The zero-order valence-corrected chi connectivity index (χ0v) is 12.0. The van der Waals surface area contributed by atoms with Gasteiger partial charge in [0.25, 0.3) is 0 Å². The summed E-state index contributed by atoms with van der Waals surface area (Å²) >= 11 is 0. The van der Waals surface area contributed by atoms with E-state index in [9.17, 15) is 9.18 Å². The molecule has 0 spiro atoms. The minimum absolute atomic E-state index is 0.0596. The SMILES string of the molecule is Cc1c(F)cccc1NC(=O)C1(CN)CCCCCC1. The largest absolute Gasteiger partial charge is 0.329 e. The Morgan fingerprint density at radius 2 is 1.95 bits per heavy atom. The van der Waals surface area contributed by atoms with Crippen molar-refractivity contribution in [1.29, 1.82) is 0 Å². The van der Waals surface area contributed by atoms with Gasteiger partial charge in [-0.05, 0) is 31.9 Å². The molecule has 3 N–H and O–H groups in total. The topological polar surface area (TPSA) is 55.1 Å². The van der Waals surface area contributed by atoms with Crippen LogP contribution in [0.25, 0.3) is 0 Å². The molecule has 0 heterocycles. The first kappa shape index (κ1) is 15.0. The molecule has 1 amide bonds. The maximum absolute atomic E-state index is 13.5. The Labute approximate surface area is 119 Å². The molecule has 1 fully saturated rings. The lowest BCUT2D eigenvalue weighted by Gasteiger charge is -2.30. The minimum atomic E-state index is -0.491. The van der Waals surface area contributed by atoms with Gasteiger partial charge in [-0.15, -0.1) is 0 Å². The number of amides is 1. The fourth-order valence-corrected chi connectivity index (χ4v) is 2.93. The normalized spacial score (nSPS) is 18.4. The van der Waals surface area contributed by atoms with E-state index in [1.807, 2.05) is 0 Å². The monoisotopic (exact) mass is 278 g/mol. The fraction of sp³-hybridized carbons (Fsp3) is 0.562. The summed E-state index contributed by atoms with van der Waals surface area (Å²) in [6, 6.07) is 4.74. The van der Waals surface area contributed by atoms with Crippen molar-refractivity contribution in [3.63, 3.8) is 0 Å². The van der Waals surface area contributed by atoms with Crippen LogP contribution in [0.5, 0.6) is 0 Å². The van der Waals surface area contributed by atoms with Gasteiger partial charge in [-0.25, -0.2) is 4.39 Å². The van der Waals surface area contributed by atoms with Crippen LogP contribution in [0.4, 0.5) is 10.1 Å². The summed E-state index contributed by atoms with van der Waals surface area (Å²) in [5, 5.41) is 2.88. The van der Waals surface area contributed by atoms with Gasteiger partial charge in [-0.1, -0.05) is 31.7 Å². The first-order valence-corrected chi connectivity index (χ1v) is 7.36. The van der Waals surface area contributed by atoms with E-state index in [0.29, 0.717) is 17.8 Å². The molecule has 1 aromatic carbocycles. The van der Waals surface area contributed by atoms with Crippen molar-refractivity contribution in [3.05, 3.63) is 29.6 Å². The number of halogens is 1. The number of nitrogens with two attached hydrogens (primary N) is 1. The summed E-state index contributed by atoms with van der Waals surface area (Å²) in [6.07, 6.45) is 6.04. The molecule has 0 bridgehead atoms. The van der Waals surface area contributed by atoms with E-state index in [4.69, 9.17) is 5.73 Å². The Hall–Kier alpha value is -1.42. The third kappa shape index (κ3) is 3.01. The highest BCUT2D eigenvalue weighted by Crippen LogP contribution is 2.35. The van der Waals surface area contributed by atoms with Gasteiger partial charge in [0.2, 0.25) is 5.91 Å². The summed E-state index contributed by atoms with van der Waals surface area (Å²) in [5.74, 6) is -0.360. The zero-order chi connectivity index (χ0) is 14.6. The van der Waals surface area contributed by atoms with Gasteiger partial charge in [0, 0.05) is 17.8 Å². The number of carbonyl (C=O) groups excluding carboxylic acids is 1. The lowest BCUT2D eigenvalue weighted by molar-refractivity contribution is -0.125. The van der Waals surface area contributed by atoms with E-state index in [2.05, 4.69) is 5.32 Å². The number of anilines is 1. The van der Waals surface area contributed by atoms with Gasteiger partial charge in [-0.2, -0.15) is 0 Å². The Morgan fingerprint density at radius 3 is 2.55 bits per heavy atom. The van der Waals surface area contributed by atoms with Crippen LogP contribution in [0.1, 0.15) is 44.1 Å². The summed E-state index contributed by atoms with van der Waals surface area (Å²) < 4.78 is 13.5. The molecule has 0 saturated heterocycles. The maximum atomic E-state index is 13.5. The Bertz CT molecular complexity index is 479. The molecule has 3 nitrogen and oxygen atoms in total. The van der Waals surface area contributed by atoms with Crippen LogP contribution in [-0.4, -0.2) is 12.5 Å². The van der Waals surface area contributed by atoms with Crippen molar-refractivity contribution in [3.8, 4) is 0 Å². The van der Waals surface area contributed by atoms with Crippen LogP contribution in [0.15, 0.2) is 18.2 Å². The molecular weight excluding hydrogens is 255 g/mol. The molecule has 0 unspecified atom stereocenters. The third-order valence-corrected chi connectivity index (χ3v) is 4.45. The van der Waals surface area contributed by atoms with Crippen molar-refractivity contribution in [2.75, 3.05) is 11.9 Å². The number of carbonyl (C=O) groups is 1. The zero-order valence-electron chi connectivity index (χ0n) is 12.0. The van der Waals surface area contributed by atoms with Crippen LogP contribution in [0, 0.1) is 18.2 Å². The van der Waals surface area contributed by atoms with Crippen molar-refractivity contribution >= 4 is 11.6 Å². The van der Waals surface area contributed by atoms with E-state index >= 15 is 0 Å². The Morgan fingerprint density at radius 1 is 1.30 bits per heavy atom. The first-order valence-electron chi connectivity index (χ1n) is 7.36. The van der Waals surface area contributed by atoms with Crippen LogP contribution in [-0.2, 0) is 4.79 Å². The molecule has 0 atom stereocenters. The molecule has 4 heteroatoms. The quantitative estimate of drug-likeness (QED) is 0.833. The predicted molar refractivity (Wildman–Crippen MR) is 79.0 cm³/mol. The number of hydrogen-bond donors (Lipinski definition) is 2. The maximum Gasteiger partial charge on any atom is 0.231 e. The summed E-state index contributed by atoms with van der Waals surface area (Å²) in [6.45, 7) is 2.03. The average Bonchev–Trinajstić information content (AvgIpc) is 2.70. The van der Waals surface area contributed by atoms with Crippen LogP contribution >= 0.6 is 0 Å². The molecule has 0 aromatic heterocycles. The van der Waals surface area contributed by atoms with Crippen molar-refractivity contribution in [2.24, 2.45) is 11.1 Å². The number of nitrogens with one attached hydrogen (secondary N) is 1. The molecule has 20 heavy (non-hydrogen) atoms. The molecule has 110 valence electrons. The van der Waals surface area contributed by atoms with E-state index in [1.54, 1.807) is 19.1 Å². The van der Waals surface area contributed by atoms with Crippen LogP contribution in [0.2, 0.25) is 0 Å². The second-order valence-corrected chi connectivity index (χ2v) is 5.77. The predicted octanol–water partition coefficient (Wildman–Crippen LogP) is 3.37. The van der Waals surface area contributed by atoms with Gasteiger partial charge >= 0.3 is 0 Å². The molecule has 1 aliphatic rings. The number of hydrogen-bond acceptors (Lipinski definition) is 2. The molecule has 1 saturated carbocycles. The molecular formula is C16H23FN2O. The van der Waals surface area contributed by atoms with Gasteiger partial charge in [0.15, 0.2) is 0 Å². The highest BCUT2D eigenvalue weighted by Gasteiger charge is 2.37. The Balaban J connectivity index is 2.18. The average molecular weight is 278 g/mol. The lowest BCUT2D eigenvalue weighted by atomic mass is 9.79. The highest BCUT2D eigenvalue weighted by molar-refractivity contribution is 5.96. The standard InChI is InChI=1S/C16H23FN2O/c1-12-13(17)7-6-8-14(12)19-15(20)16(11-18)9-4-2-3-5-10-16/h6-8H,2-5,9-11,18H2,1H3,(H,19,20). The second-order valence-electron chi connectivity index (χ2n) is 5.77. The minimum Gasteiger partial charge on any atom is -0.329 e. The van der Waals surface area contributed by atoms with E-state index in [1.165, 1.54) is 6.07 Å². The van der Waals surface area contributed by atoms with E-state index in [-0.39, 0.29) is 11.7 Å². The second kappa shape index (κ2) is 6.35. The summed E-state index contributed by atoms with van der Waals surface area (Å²) in [7, 11) is 0. The first-order chi connectivity index (χ1) is 9.59. The molecule has 2 rings (SSSR count). The highest BCUT2D eigenvalue weighted by atomic mass is 19.1. The number of benzene rings is 1. The van der Waals surface area contributed by atoms with Gasteiger partial charge in [0.05, 0.1) is 5.41 Å². The number of rotatable bonds is 3. The van der Waals surface area contributed by atoms with Crippen LogP contribution < -0.4 is 11.1 Å². The summed E-state index contributed by atoms with van der Waals surface area (Å²) in [4.78, 5) is 12.6. The van der Waals surface area contributed by atoms with Crippen molar-refractivity contribution in [1.82, 2.24) is 0 Å². The van der Waals surface area contributed by atoms with Gasteiger partial charge in [0.1, 0.15) is 5.82 Å². The van der Waals surface area contributed by atoms with Gasteiger partial charge in [-0.3, -0.25) is 4.79 Å². The van der Waals surface area contributed by atoms with Crippen molar-refractivity contribution in [2.45, 2.75) is 45.4 Å². The molecule has 0 radical (unpaired) electrons. The molecule has 0 aliphatic heterocycles. The Kier molecular flexibility index (Phi) is 4.76. The van der Waals surface area contributed by atoms with Crippen molar-refractivity contribution < 1.29 is 9.18 Å². The molecule has 1 aromatic rings. The molecule has 1 aliphatic carbocycles.